The predicted molar refractivity (Wildman–Crippen MR) is 70.4 cm³/mol. The van der Waals surface area contributed by atoms with Crippen LogP contribution in [0.1, 0.15) is 25.1 Å². The lowest BCUT2D eigenvalue weighted by Crippen LogP contribution is -2.21. The first-order valence-electron chi connectivity index (χ1n) is 6.68. The Morgan fingerprint density at radius 2 is 1.95 bits per heavy atom. The molecule has 0 radical (unpaired) electrons. The van der Waals surface area contributed by atoms with Gasteiger partial charge in [-0.15, -0.1) is 0 Å². The minimum Gasteiger partial charge on any atom is -0.508 e. The van der Waals surface area contributed by atoms with Crippen LogP contribution < -0.4 is 0 Å². The fourth-order valence-corrected chi connectivity index (χ4v) is 2.34. The molecule has 0 spiro atoms. The Hall–Kier alpha value is -2.08. The molecule has 1 unspecified atom stereocenters. The molecule has 0 bridgehead atoms. The number of ether oxygens (including phenoxy) is 1. The zero-order chi connectivity index (χ0) is 13.9. The number of phenols is 2. The molecule has 0 aliphatic carbocycles. The Balaban J connectivity index is 1.75. The van der Waals surface area contributed by atoms with Crippen LogP contribution in [0.25, 0.3) is 11.5 Å². The van der Waals surface area contributed by atoms with Gasteiger partial charge in [-0.1, -0.05) is 5.16 Å². The average molecular weight is 276 g/mol. The third kappa shape index (κ3) is 2.91. The maximum Gasteiger partial charge on any atom is 0.258 e. The van der Waals surface area contributed by atoms with E-state index in [2.05, 4.69) is 10.1 Å². The average Bonchev–Trinajstić information content (AvgIpc) is 2.87. The molecule has 1 saturated heterocycles. The Bertz CT molecular complexity index is 570. The summed E-state index contributed by atoms with van der Waals surface area (Å²) in [5.74, 6) is 0.766. The van der Waals surface area contributed by atoms with Crippen molar-refractivity contribution in [2.45, 2.75) is 31.8 Å². The SMILES string of the molecule is Oc1cc(O)cc(-c2nc(CC3CCCCO3)no2)c1. The van der Waals surface area contributed by atoms with E-state index in [0.29, 0.717) is 17.8 Å². The van der Waals surface area contributed by atoms with Crippen LogP contribution in [-0.4, -0.2) is 33.1 Å². The van der Waals surface area contributed by atoms with Crippen LogP contribution in [-0.2, 0) is 11.2 Å². The van der Waals surface area contributed by atoms with Gasteiger partial charge in [-0.3, -0.25) is 0 Å². The highest BCUT2D eigenvalue weighted by molar-refractivity contribution is 5.58. The van der Waals surface area contributed by atoms with Crippen LogP contribution in [0.4, 0.5) is 0 Å². The Kier molecular flexibility index (Phi) is 3.56. The molecule has 0 amide bonds. The smallest absolute Gasteiger partial charge is 0.258 e. The first-order valence-corrected chi connectivity index (χ1v) is 6.68. The van der Waals surface area contributed by atoms with Crippen molar-refractivity contribution in [3.8, 4) is 23.0 Å². The van der Waals surface area contributed by atoms with E-state index in [4.69, 9.17) is 9.26 Å². The van der Waals surface area contributed by atoms with Gasteiger partial charge in [-0.05, 0) is 31.4 Å². The maximum absolute atomic E-state index is 9.45. The van der Waals surface area contributed by atoms with Gasteiger partial charge in [0.05, 0.1) is 6.10 Å². The van der Waals surface area contributed by atoms with Gasteiger partial charge in [-0.25, -0.2) is 0 Å². The first kappa shape index (κ1) is 12.9. The summed E-state index contributed by atoms with van der Waals surface area (Å²) in [5.41, 5.74) is 0.491. The lowest BCUT2D eigenvalue weighted by Gasteiger charge is -2.20. The van der Waals surface area contributed by atoms with Crippen molar-refractivity contribution in [2.24, 2.45) is 0 Å². The second-order valence-corrected chi connectivity index (χ2v) is 4.95. The van der Waals surface area contributed by atoms with Gasteiger partial charge < -0.3 is 19.5 Å². The van der Waals surface area contributed by atoms with Crippen LogP contribution in [0.15, 0.2) is 22.7 Å². The van der Waals surface area contributed by atoms with Crippen molar-refractivity contribution in [3.05, 3.63) is 24.0 Å². The van der Waals surface area contributed by atoms with Gasteiger partial charge in [0.25, 0.3) is 5.89 Å². The number of aromatic hydroxyl groups is 2. The molecule has 2 heterocycles. The number of phenolic OH excluding ortho intramolecular Hbond substituents is 2. The van der Waals surface area contributed by atoms with Gasteiger partial charge in [0.2, 0.25) is 0 Å². The van der Waals surface area contributed by atoms with E-state index in [-0.39, 0.29) is 23.5 Å². The number of hydrogen-bond donors (Lipinski definition) is 2. The van der Waals surface area contributed by atoms with Crippen LogP contribution in [0.5, 0.6) is 11.5 Å². The molecule has 20 heavy (non-hydrogen) atoms. The van der Waals surface area contributed by atoms with Crippen molar-refractivity contribution in [3.63, 3.8) is 0 Å². The highest BCUT2D eigenvalue weighted by Gasteiger charge is 2.18. The quantitative estimate of drug-likeness (QED) is 0.894. The largest absolute Gasteiger partial charge is 0.508 e. The summed E-state index contributed by atoms with van der Waals surface area (Å²) in [5, 5.41) is 22.8. The summed E-state index contributed by atoms with van der Waals surface area (Å²) < 4.78 is 10.8. The molecule has 3 rings (SSSR count). The lowest BCUT2D eigenvalue weighted by molar-refractivity contribution is 0.0153. The first-order chi connectivity index (χ1) is 9.70. The molecule has 1 fully saturated rings. The predicted octanol–water partition coefficient (Wildman–Crippen LogP) is 2.26. The van der Waals surface area contributed by atoms with E-state index in [1.165, 1.54) is 18.2 Å². The van der Waals surface area contributed by atoms with Crippen LogP contribution >= 0.6 is 0 Å². The fourth-order valence-electron chi connectivity index (χ4n) is 2.34. The maximum atomic E-state index is 9.45. The van der Waals surface area contributed by atoms with E-state index >= 15 is 0 Å². The van der Waals surface area contributed by atoms with Crippen LogP contribution in [0.3, 0.4) is 0 Å². The molecular weight excluding hydrogens is 260 g/mol. The highest BCUT2D eigenvalue weighted by atomic mass is 16.5. The Morgan fingerprint density at radius 3 is 2.65 bits per heavy atom. The Labute approximate surface area is 116 Å². The van der Waals surface area contributed by atoms with Gasteiger partial charge in [0.15, 0.2) is 5.82 Å². The normalized spacial score (nSPS) is 19.1. The molecule has 1 aromatic heterocycles. The van der Waals surface area contributed by atoms with Crippen molar-refractivity contribution in [2.75, 3.05) is 6.61 Å². The fraction of sp³-hybridized carbons (Fsp3) is 0.429. The van der Waals surface area contributed by atoms with E-state index < -0.39 is 0 Å². The minimum atomic E-state index is -0.0460. The van der Waals surface area contributed by atoms with Crippen molar-refractivity contribution in [1.82, 2.24) is 10.1 Å². The molecule has 6 heteroatoms. The standard InChI is InChI=1S/C14H16N2O4/c17-10-5-9(6-11(18)7-10)14-15-13(16-20-14)8-12-3-1-2-4-19-12/h5-7,12,17-18H,1-4,8H2. The summed E-state index contributed by atoms with van der Waals surface area (Å²) >= 11 is 0. The monoisotopic (exact) mass is 276 g/mol. The second-order valence-electron chi connectivity index (χ2n) is 4.95. The number of benzene rings is 1. The zero-order valence-corrected chi connectivity index (χ0v) is 11.0. The zero-order valence-electron chi connectivity index (χ0n) is 11.0. The molecule has 1 aliphatic rings. The molecule has 2 N–H and O–H groups in total. The number of nitrogens with zero attached hydrogens (tertiary/aromatic N) is 2. The van der Waals surface area contributed by atoms with Gasteiger partial charge in [-0.2, -0.15) is 4.98 Å². The summed E-state index contributed by atoms with van der Waals surface area (Å²) in [6.45, 7) is 0.788. The summed E-state index contributed by atoms with van der Waals surface area (Å²) in [7, 11) is 0. The topological polar surface area (TPSA) is 88.6 Å². The lowest BCUT2D eigenvalue weighted by atomic mass is 10.1. The molecule has 1 atom stereocenters. The van der Waals surface area contributed by atoms with Gasteiger partial charge >= 0.3 is 0 Å². The van der Waals surface area contributed by atoms with Crippen molar-refractivity contribution >= 4 is 0 Å². The number of hydrogen-bond acceptors (Lipinski definition) is 6. The summed E-state index contributed by atoms with van der Waals surface area (Å²) in [6.07, 6.45) is 4.05. The summed E-state index contributed by atoms with van der Waals surface area (Å²) in [6, 6.07) is 4.18. The van der Waals surface area contributed by atoms with Crippen LogP contribution in [0.2, 0.25) is 0 Å². The second kappa shape index (κ2) is 5.50. The third-order valence-corrected chi connectivity index (χ3v) is 3.30. The Morgan fingerprint density at radius 1 is 1.15 bits per heavy atom. The molecule has 6 nitrogen and oxygen atoms in total. The van der Waals surface area contributed by atoms with Gasteiger partial charge in [0, 0.05) is 24.7 Å². The molecule has 1 aliphatic heterocycles. The molecular formula is C14H16N2O4. The van der Waals surface area contributed by atoms with E-state index in [0.717, 1.165) is 25.9 Å². The number of rotatable bonds is 3. The molecule has 106 valence electrons. The highest BCUT2D eigenvalue weighted by Crippen LogP contribution is 2.27. The van der Waals surface area contributed by atoms with E-state index in [9.17, 15) is 10.2 Å². The van der Waals surface area contributed by atoms with Crippen LogP contribution in [0, 0.1) is 0 Å². The van der Waals surface area contributed by atoms with E-state index in [1.807, 2.05) is 0 Å². The van der Waals surface area contributed by atoms with E-state index in [1.54, 1.807) is 0 Å². The number of aromatic nitrogens is 2. The summed E-state index contributed by atoms with van der Waals surface area (Å²) in [4.78, 5) is 4.28. The molecule has 2 aromatic rings. The molecule has 1 aromatic carbocycles. The third-order valence-electron chi connectivity index (χ3n) is 3.30. The molecule has 0 saturated carbocycles. The van der Waals surface area contributed by atoms with Crippen molar-refractivity contribution in [1.29, 1.82) is 0 Å². The van der Waals surface area contributed by atoms with Crippen molar-refractivity contribution < 1.29 is 19.5 Å². The minimum absolute atomic E-state index is 0.0460. The van der Waals surface area contributed by atoms with Gasteiger partial charge in [0.1, 0.15) is 11.5 Å².